The van der Waals surface area contributed by atoms with Gasteiger partial charge < -0.3 is 19.7 Å². The Morgan fingerprint density at radius 3 is 2.80 bits per heavy atom. The fourth-order valence-corrected chi connectivity index (χ4v) is 0.887. The van der Waals surface area contributed by atoms with Crippen molar-refractivity contribution in [2.24, 2.45) is 0 Å². The lowest BCUT2D eigenvalue weighted by atomic mass is 10.3. The second-order valence-corrected chi connectivity index (χ2v) is 2.24. The molecule has 4 nitrogen and oxygen atoms in total. The Morgan fingerprint density at radius 2 is 2.30 bits per heavy atom. The molecule has 4 heteroatoms. The van der Waals surface area contributed by atoms with Crippen LogP contribution in [0.2, 0.25) is 0 Å². The average Bonchev–Trinajstić information content (AvgIpc) is 2.31. The number of ether oxygens (including phenoxy) is 2. The third-order valence-corrected chi connectivity index (χ3v) is 1.42. The molecule has 2 N–H and O–H groups in total. The lowest BCUT2D eigenvalue weighted by Crippen LogP contribution is -2.27. The quantitative estimate of drug-likeness (QED) is 0.525. The maximum Gasteiger partial charge on any atom is 0.109 e. The number of hydrogen-bond donors (Lipinski definition) is 2. The Morgan fingerprint density at radius 1 is 1.50 bits per heavy atom. The smallest absolute Gasteiger partial charge is 0.109 e. The molecule has 0 aliphatic carbocycles. The number of rotatable bonds is 3. The minimum atomic E-state index is -0.522. The first kappa shape index (κ1) is 7.94. The Balaban J connectivity index is 2.14. The van der Waals surface area contributed by atoms with Gasteiger partial charge in [-0.05, 0) is 0 Å². The lowest BCUT2D eigenvalue weighted by molar-refractivity contribution is -0.0224. The second-order valence-electron chi connectivity index (χ2n) is 2.24. The molecule has 0 aromatic rings. The molecule has 0 amide bonds. The van der Waals surface area contributed by atoms with Gasteiger partial charge in [0, 0.05) is 0 Å². The van der Waals surface area contributed by atoms with Crippen LogP contribution in [0.1, 0.15) is 0 Å². The normalized spacial score (nSPS) is 33.0. The van der Waals surface area contributed by atoms with Crippen molar-refractivity contribution in [3.8, 4) is 0 Å². The maximum absolute atomic E-state index is 9.08. The molecule has 0 aromatic carbocycles. The molecular weight excluding hydrogens is 136 g/mol. The highest BCUT2D eigenvalue weighted by atomic mass is 16.6. The van der Waals surface area contributed by atoms with Crippen molar-refractivity contribution in [3.05, 3.63) is 0 Å². The van der Waals surface area contributed by atoms with Crippen molar-refractivity contribution >= 4 is 0 Å². The number of aliphatic hydroxyl groups is 2. The summed E-state index contributed by atoms with van der Waals surface area (Å²) >= 11 is 0. The van der Waals surface area contributed by atoms with E-state index in [9.17, 15) is 0 Å². The summed E-state index contributed by atoms with van der Waals surface area (Å²) in [6, 6.07) is 0. The monoisotopic (exact) mass is 148 g/mol. The fourth-order valence-electron chi connectivity index (χ4n) is 0.887. The second kappa shape index (κ2) is 3.88. The molecular formula is C6H12O4. The molecule has 1 aliphatic heterocycles. The van der Waals surface area contributed by atoms with Gasteiger partial charge in [0.1, 0.15) is 12.2 Å². The molecule has 10 heavy (non-hydrogen) atoms. The summed E-state index contributed by atoms with van der Waals surface area (Å²) < 4.78 is 9.95. The third kappa shape index (κ3) is 1.91. The minimum Gasteiger partial charge on any atom is -0.394 e. The molecule has 1 saturated heterocycles. The van der Waals surface area contributed by atoms with Gasteiger partial charge in [0.15, 0.2) is 0 Å². The molecule has 0 saturated carbocycles. The van der Waals surface area contributed by atoms with E-state index in [4.69, 9.17) is 19.7 Å². The molecule has 1 heterocycles. The van der Waals surface area contributed by atoms with E-state index in [-0.39, 0.29) is 19.3 Å². The van der Waals surface area contributed by atoms with E-state index in [1.165, 1.54) is 0 Å². The van der Waals surface area contributed by atoms with Crippen LogP contribution in [0, 0.1) is 0 Å². The molecule has 0 radical (unpaired) electrons. The van der Waals surface area contributed by atoms with E-state index in [1.807, 2.05) is 0 Å². The topological polar surface area (TPSA) is 58.9 Å². The van der Waals surface area contributed by atoms with Crippen LogP contribution in [0.3, 0.4) is 0 Å². The van der Waals surface area contributed by atoms with E-state index in [2.05, 4.69) is 0 Å². The van der Waals surface area contributed by atoms with Crippen molar-refractivity contribution in [1.29, 1.82) is 0 Å². The first-order chi connectivity index (χ1) is 4.84. The molecule has 0 aromatic heterocycles. The van der Waals surface area contributed by atoms with Gasteiger partial charge in [-0.2, -0.15) is 0 Å². The first-order valence-corrected chi connectivity index (χ1v) is 3.33. The van der Waals surface area contributed by atoms with E-state index in [0.717, 1.165) is 0 Å². The molecule has 1 rings (SSSR count). The lowest BCUT2D eigenvalue weighted by Gasteiger charge is -2.11. The van der Waals surface area contributed by atoms with Crippen molar-refractivity contribution in [3.63, 3.8) is 0 Å². The van der Waals surface area contributed by atoms with Gasteiger partial charge in [0.2, 0.25) is 0 Å². The Labute approximate surface area is 59.4 Å². The van der Waals surface area contributed by atoms with Crippen LogP contribution in [-0.4, -0.2) is 48.8 Å². The standard InChI is InChI=1S/C6H12O4/c7-1-2-10-6-4-9-3-5(6)8/h5-8H,1-4H2/t5-,6-/m1/s1. The van der Waals surface area contributed by atoms with E-state index >= 15 is 0 Å². The number of aliphatic hydroxyl groups excluding tert-OH is 2. The molecule has 0 bridgehead atoms. The van der Waals surface area contributed by atoms with Crippen LogP contribution < -0.4 is 0 Å². The predicted molar refractivity (Wildman–Crippen MR) is 33.7 cm³/mol. The van der Waals surface area contributed by atoms with E-state index in [0.29, 0.717) is 13.2 Å². The highest BCUT2D eigenvalue weighted by Crippen LogP contribution is 2.08. The van der Waals surface area contributed by atoms with Gasteiger partial charge in [0.05, 0.1) is 26.4 Å². The van der Waals surface area contributed by atoms with Gasteiger partial charge >= 0.3 is 0 Å². The first-order valence-electron chi connectivity index (χ1n) is 3.33. The van der Waals surface area contributed by atoms with Crippen LogP contribution in [0.15, 0.2) is 0 Å². The maximum atomic E-state index is 9.08. The summed E-state index contributed by atoms with van der Waals surface area (Å²) in [6.07, 6.45) is -0.765. The van der Waals surface area contributed by atoms with Crippen molar-refractivity contribution in [1.82, 2.24) is 0 Å². The van der Waals surface area contributed by atoms with E-state index < -0.39 is 6.10 Å². The van der Waals surface area contributed by atoms with Gasteiger partial charge in [-0.3, -0.25) is 0 Å². The highest BCUT2D eigenvalue weighted by Gasteiger charge is 2.26. The largest absolute Gasteiger partial charge is 0.394 e. The summed E-state index contributed by atoms with van der Waals surface area (Å²) in [5.74, 6) is 0. The highest BCUT2D eigenvalue weighted by molar-refractivity contribution is 4.73. The van der Waals surface area contributed by atoms with E-state index in [1.54, 1.807) is 0 Å². The predicted octanol–water partition coefficient (Wildman–Crippen LogP) is -1.24. The summed E-state index contributed by atoms with van der Waals surface area (Å²) in [4.78, 5) is 0. The molecule has 60 valence electrons. The summed E-state index contributed by atoms with van der Waals surface area (Å²) in [7, 11) is 0. The Bertz CT molecular complexity index is 95.7. The zero-order valence-corrected chi connectivity index (χ0v) is 5.69. The zero-order chi connectivity index (χ0) is 7.40. The zero-order valence-electron chi connectivity index (χ0n) is 5.69. The Kier molecular flexibility index (Phi) is 3.08. The number of hydrogen-bond acceptors (Lipinski definition) is 4. The molecule has 2 atom stereocenters. The van der Waals surface area contributed by atoms with Crippen molar-refractivity contribution in [2.45, 2.75) is 12.2 Å². The fraction of sp³-hybridized carbons (Fsp3) is 1.00. The SMILES string of the molecule is OCCO[C@@H]1COC[C@H]1O. The van der Waals surface area contributed by atoms with Crippen LogP contribution in [0.4, 0.5) is 0 Å². The molecule has 1 aliphatic rings. The minimum absolute atomic E-state index is 0.0107. The molecule has 1 fully saturated rings. The Hall–Kier alpha value is -0.160. The summed E-state index contributed by atoms with van der Waals surface area (Å²) in [5, 5.41) is 17.4. The summed E-state index contributed by atoms with van der Waals surface area (Å²) in [5.41, 5.74) is 0. The van der Waals surface area contributed by atoms with Crippen molar-refractivity contribution < 1.29 is 19.7 Å². The summed E-state index contributed by atoms with van der Waals surface area (Å²) in [6.45, 7) is 1.03. The van der Waals surface area contributed by atoms with Crippen LogP contribution >= 0.6 is 0 Å². The van der Waals surface area contributed by atoms with Gasteiger partial charge in [-0.15, -0.1) is 0 Å². The molecule has 0 spiro atoms. The van der Waals surface area contributed by atoms with Crippen LogP contribution in [0.25, 0.3) is 0 Å². The van der Waals surface area contributed by atoms with Crippen molar-refractivity contribution in [2.75, 3.05) is 26.4 Å². The van der Waals surface area contributed by atoms with Gasteiger partial charge in [-0.1, -0.05) is 0 Å². The van der Waals surface area contributed by atoms with Crippen LogP contribution in [0.5, 0.6) is 0 Å². The average molecular weight is 148 g/mol. The van der Waals surface area contributed by atoms with Crippen LogP contribution in [-0.2, 0) is 9.47 Å². The third-order valence-electron chi connectivity index (χ3n) is 1.42. The van der Waals surface area contributed by atoms with Gasteiger partial charge in [0.25, 0.3) is 0 Å². The molecule has 0 unspecified atom stereocenters. The van der Waals surface area contributed by atoms with Gasteiger partial charge in [-0.25, -0.2) is 0 Å².